The Bertz CT molecular complexity index is 878. The summed E-state index contributed by atoms with van der Waals surface area (Å²) >= 11 is 0. The van der Waals surface area contributed by atoms with E-state index in [1.54, 1.807) is 29.6 Å². The van der Waals surface area contributed by atoms with E-state index in [1.165, 1.54) is 0 Å². The van der Waals surface area contributed by atoms with Crippen LogP contribution in [-0.4, -0.2) is 39.5 Å². The quantitative estimate of drug-likeness (QED) is 0.719. The summed E-state index contributed by atoms with van der Waals surface area (Å²) in [5.74, 6) is 1.76. The third kappa shape index (κ3) is 4.28. The molecule has 2 aromatic carbocycles. The third-order valence-electron chi connectivity index (χ3n) is 4.98. The second kappa shape index (κ2) is 8.31. The molecular weight excluding hydrogens is 362 g/mol. The van der Waals surface area contributed by atoms with Crippen molar-refractivity contribution >= 4 is 10.0 Å². The van der Waals surface area contributed by atoms with Crippen LogP contribution in [0.2, 0.25) is 0 Å². The second-order valence-electron chi connectivity index (χ2n) is 6.90. The molecule has 2 aromatic rings. The Balaban J connectivity index is 1.74. The molecule has 1 atom stereocenters. The van der Waals surface area contributed by atoms with Crippen molar-refractivity contribution in [1.82, 2.24) is 4.31 Å². The molecule has 0 aromatic heterocycles. The monoisotopic (exact) mass is 389 g/mol. The summed E-state index contributed by atoms with van der Waals surface area (Å²) in [6.07, 6.45) is 1.74. The summed E-state index contributed by atoms with van der Waals surface area (Å²) in [6, 6.07) is 13.0. The summed E-state index contributed by atoms with van der Waals surface area (Å²) in [6.45, 7) is 5.59. The van der Waals surface area contributed by atoms with Crippen molar-refractivity contribution in [2.45, 2.75) is 37.5 Å². The van der Waals surface area contributed by atoms with Gasteiger partial charge in [0.2, 0.25) is 10.0 Å². The molecule has 1 fully saturated rings. The summed E-state index contributed by atoms with van der Waals surface area (Å²) < 4.78 is 38.5. The van der Waals surface area contributed by atoms with Gasteiger partial charge >= 0.3 is 0 Å². The first-order valence-corrected chi connectivity index (χ1v) is 10.8. The highest BCUT2D eigenvalue weighted by Gasteiger charge is 2.33. The summed E-state index contributed by atoms with van der Waals surface area (Å²) in [5.41, 5.74) is 1.99. The number of benzene rings is 2. The Morgan fingerprint density at radius 2 is 1.89 bits per heavy atom. The molecule has 146 valence electrons. The molecule has 0 aliphatic carbocycles. The lowest BCUT2D eigenvalue weighted by molar-refractivity contribution is 0.315. The van der Waals surface area contributed by atoms with E-state index in [0.717, 1.165) is 35.5 Å². The Labute approximate surface area is 162 Å². The molecule has 3 rings (SSSR count). The number of sulfonamides is 1. The topological polar surface area (TPSA) is 55.8 Å². The Morgan fingerprint density at radius 3 is 2.52 bits per heavy atom. The molecule has 1 unspecified atom stereocenters. The average molecular weight is 390 g/mol. The van der Waals surface area contributed by atoms with Gasteiger partial charge in [0.25, 0.3) is 0 Å². The highest BCUT2D eigenvalue weighted by Crippen LogP contribution is 2.33. The number of hydrogen-bond donors (Lipinski definition) is 0. The average Bonchev–Trinajstić information content (AvgIpc) is 3.18. The first kappa shape index (κ1) is 19.7. The van der Waals surface area contributed by atoms with Gasteiger partial charge in [0, 0.05) is 13.1 Å². The molecule has 1 saturated heterocycles. The van der Waals surface area contributed by atoms with Gasteiger partial charge in [0.05, 0.1) is 18.6 Å². The van der Waals surface area contributed by atoms with Gasteiger partial charge in [-0.1, -0.05) is 19.1 Å². The largest absolute Gasteiger partial charge is 0.497 e. The highest BCUT2D eigenvalue weighted by atomic mass is 32.2. The lowest BCUT2D eigenvalue weighted by atomic mass is 9.99. The molecule has 0 saturated carbocycles. The van der Waals surface area contributed by atoms with Crippen molar-refractivity contribution in [2.24, 2.45) is 0 Å². The molecule has 0 spiro atoms. The van der Waals surface area contributed by atoms with Crippen LogP contribution in [0, 0.1) is 6.92 Å². The molecule has 0 N–H and O–H groups in total. The fourth-order valence-corrected chi connectivity index (χ4v) is 4.99. The lowest BCUT2D eigenvalue weighted by Gasteiger charge is -2.18. The highest BCUT2D eigenvalue weighted by molar-refractivity contribution is 7.89. The van der Waals surface area contributed by atoms with Crippen molar-refractivity contribution in [3.8, 4) is 11.5 Å². The van der Waals surface area contributed by atoms with Gasteiger partial charge in [-0.15, -0.1) is 0 Å². The summed E-state index contributed by atoms with van der Waals surface area (Å²) in [4.78, 5) is 0.333. The zero-order valence-corrected chi connectivity index (χ0v) is 17.0. The predicted molar refractivity (Wildman–Crippen MR) is 106 cm³/mol. The molecule has 1 aliphatic heterocycles. The Kier molecular flexibility index (Phi) is 6.07. The van der Waals surface area contributed by atoms with Crippen molar-refractivity contribution in [2.75, 3.05) is 26.8 Å². The fourth-order valence-electron chi connectivity index (χ4n) is 3.40. The molecule has 1 heterocycles. The zero-order valence-electron chi connectivity index (χ0n) is 16.1. The standard InChI is InChI=1S/C21H27NO4S/c1-4-13-26-21-10-9-20(14-16(21)2)27(23,24)22-12-11-18(15-22)17-5-7-19(25-3)8-6-17/h5-10,14,18H,4,11-13,15H2,1-3H3. The minimum absolute atomic E-state index is 0.207. The zero-order chi connectivity index (χ0) is 19.4. The van der Waals surface area contributed by atoms with Gasteiger partial charge in [0.1, 0.15) is 11.5 Å². The van der Waals surface area contributed by atoms with Gasteiger partial charge < -0.3 is 9.47 Å². The third-order valence-corrected chi connectivity index (χ3v) is 6.85. The number of ether oxygens (including phenoxy) is 2. The number of rotatable bonds is 7. The van der Waals surface area contributed by atoms with E-state index in [9.17, 15) is 8.42 Å². The van der Waals surface area contributed by atoms with E-state index in [-0.39, 0.29) is 5.92 Å². The normalized spacial score (nSPS) is 17.8. The maximum atomic E-state index is 13.1. The van der Waals surface area contributed by atoms with Gasteiger partial charge in [-0.2, -0.15) is 4.31 Å². The fraction of sp³-hybridized carbons (Fsp3) is 0.429. The van der Waals surface area contributed by atoms with Crippen molar-refractivity contribution in [3.63, 3.8) is 0 Å². The lowest BCUT2D eigenvalue weighted by Crippen LogP contribution is -2.28. The number of hydrogen-bond acceptors (Lipinski definition) is 4. The number of aryl methyl sites for hydroxylation is 1. The van der Waals surface area contributed by atoms with E-state index >= 15 is 0 Å². The van der Waals surface area contributed by atoms with E-state index in [1.807, 2.05) is 38.1 Å². The van der Waals surface area contributed by atoms with E-state index in [4.69, 9.17) is 9.47 Å². The van der Waals surface area contributed by atoms with Crippen molar-refractivity contribution in [1.29, 1.82) is 0 Å². The molecule has 6 heteroatoms. The van der Waals surface area contributed by atoms with Crippen LogP contribution in [0.25, 0.3) is 0 Å². The van der Waals surface area contributed by atoms with Crippen molar-refractivity contribution in [3.05, 3.63) is 53.6 Å². The number of nitrogens with zero attached hydrogens (tertiary/aromatic N) is 1. The molecule has 5 nitrogen and oxygen atoms in total. The van der Waals surface area contributed by atoms with E-state index in [0.29, 0.717) is 24.6 Å². The maximum absolute atomic E-state index is 13.1. The van der Waals surface area contributed by atoms with Crippen molar-refractivity contribution < 1.29 is 17.9 Å². The van der Waals surface area contributed by atoms with Crippen LogP contribution in [0.5, 0.6) is 11.5 Å². The molecule has 0 bridgehead atoms. The minimum Gasteiger partial charge on any atom is -0.497 e. The molecule has 1 aliphatic rings. The molecular formula is C21H27NO4S. The Morgan fingerprint density at radius 1 is 1.15 bits per heavy atom. The number of methoxy groups -OCH3 is 1. The van der Waals surface area contributed by atoms with Crippen LogP contribution in [0.15, 0.2) is 47.4 Å². The summed E-state index contributed by atoms with van der Waals surface area (Å²) in [7, 11) is -1.86. The maximum Gasteiger partial charge on any atom is 0.243 e. The Hall–Kier alpha value is -2.05. The molecule has 27 heavy (non-hydrogen) atoms. The second-order valence-corrected chi connectivity index (χ2v) is 8.84. The van der Waals surface area contributed by atoms with Crippen LogP contribution in [-0.2, 0) is 10.0 Å². The van der Waals surface area contributed by atoms with Gasteiger partial charge in [-0.05, 0) is 67.1 Å². The van der Waals surface area contributed by atoms with Crippen LogP contribution in [0.3, 0.4) is 0 Å². The first-order chi connectivity index (χ1) is 13.0. The van der Waals surface area contributed by atoms with Gasteiger partial charge in [-0.25, -0.2) is 8.42 Å². The predicted octanol–water partition coefficient (Wildman–Crippen LogP) is 3.97. The van der Waals surface area contributed by atoms with Crippen LogP contribution < -0.4 is 9.47 Å². The summed E-state index contributed by atoms with van der Waals surface area (Å²) in [5, 5.41) is 0. The van der Waals surface area contributed by atoms with E-state index < -0.39 is 10.0 Å². The molecule has 0 radical (unpaired) electrons. The van der Waals surface area contributed by atoms with Crippen LogP contribution in [0.1, 0.15) is 36.8 Å². The minimum atomic E-state index is -3.50. The smallest absolute Gasteiger partial charge is 0.243 e. The molecule has 0 amide bonds. The SMILES string of the molecule is CCCOc1ccc(S(=O)(=O)N2CCC(c3ccc(OC)cc3)C2)cc1C. The van der Waals surface area contributed by atoms with E-state index in [2.05, 4.69) is 0 Å². The first-order valence-electron chi connectivity index (χ1n) is 9.33. The van der Waals surface area contributed by atoms with Gasteiger partial charge in [-0.3, -0.25) is 0 Å². The van der Waals surface area contributed by atoms with Crippen LogP contribution >= 0.6 is 0 Å². The van der Waals surface area contributed by atoms with Gasteiger partial charge in [0.15, 0.2) is 0 Å². The van der Waals surface area contributed by atoms with Crippen LogP contribution in [0.4, 0.5) is 0 Å².